The first-order chi connectivity index (χ1) is 16.7. The molecule has 8 heteroatoms. The Bertz CT molecular complexity index is 1260. The molecule has 2 aromatic carbocycles. The molecule has 5 rings (SSSR count). The van der Waals surface area contributed by atoms with E-state index in [-0.39, 0.29) is 29.3 Å². The number of benzene rings is 2. The van der Waals surface area contributed by atoms with Gasteiger partial charge in [0.25, 0.3) is 0 Å². The van der Waals surface area contributed by atoms with E-state index in [1.807, 2.05) is 12.1 Å². The summed E-state index contributed by atoms with van der Waals surface area (Å²) in [6.45, 7) is 4.55. The molecule has 1 fully saturated rings. The first-order valence-electron chi connectivity index (χ1n) is 12.5. The van der Waals surface area contributed by atoms with E-state index >= 15 is 0 Å². The van der Waals surface area contributed by atoms with Gasteiger partial charge in [0.15, 0.2) is 0 Å². The highest BCUT2D eigenvalue weighted by atomic mass is 32.2. The fourth-order valence-electron chi connectivity index (χ4n) is 5.67. The van der Waals surface area contributed by atoms with Crippen LogP contribution in [0.2, 0.25) is 0 Å². The van der Waals surface area contributed by atoms with Crippen LogP contribution < -0.4 is 10.2 Å². The third-order valence-electron chi connectivity index (χ3n) is 7.67. The Balaban J connectivity index is 1.38. The quantitative estimate of drug-likeness (QED) is 0.686. The molecule has 0 aromatic heterocycles. The highest BCUT2D eigenvalue weighted by Crippen LogP contribution is 2.43. The van der Waals surface area contributed by atoms with E-state index in [1.54, 1.807) is 32.0 Å². The molecule has 7 nitrogen and oxygen atoms in total. The van der Waals surface area contributed by atoms with E-state index in [9.17, 15) is 18.0 Å². The second kappa shape index (κ2) is 9.06. The molecule has 1 unspecified atom stereocenters. The van der Waals surface area contributed by atoms with Crippen molar-refractivity contribution >= 4 is 27.5 Å². The van der Waals surface area contributed by atoms with Crippen LogP contribution in [-0.2, 0) is 31.4 Å². The summed E-state index contributed by atoms with van der Waals surface area (Å²) in [5.41, 5.74) is 2.75. The van der Waals surface area contributed by atoms with E-state index in [0.29, 0.717) is 24.3 Å². The smallest absolute Gasteiger partial charge is 0.243 e. The third kappa shape index (κ3) is 4.27. The molecule has 0 saturated carbocycles. The van der Waals surface area contributed by atoms with Crippen molar-refractivity contribution in [2.24, 2.45) is 0 Å². The van der Waals surface area contributed by atoms with E-state index in [0.717, 1.165) is 44.1 Å². The number of rotatable bonds is 5. The first kappa shape index (κ1) is 24.0. The lowest BCUT2D eigenvalue weighted by molar-refractivity contribution is -0.126. The summed E-state index contributed by atoms with van der Waals surface area (Å²) >= 11 is 0. The van der Waals surface area contributed by atoms with Crippen molar-refractivity contribution in [3.63, 3.8) is 0 Å². The molecule has 1 N–H and O–H groups in total. The zero-order valence-electron chi connectivity index (χ0n) is 20.4. The Morgan fingerprint density at radius 1 is 1.06 bits per heavy atom. The summed E-state index contributed by atoms with van der Waals surface area (Å²) in [6, 6.07) is 13.0. The van der Waals surface area contributed by atoms with Crippen LogP contribution >= 0.6 is 0 Å². The van der Waals surface area contributed by atoms with E-state index < -0.39 is 15.4 Å². The number of carbonyl (C=O) groups is 2. The SMILES string of the molecule is CC1(C)C(=O)N(CC(=O)NC2CCCc3ccccc32)c2ccc(S(=O)(=O)N3CCCCC3)cc21. The number of amides is 2. The van der Waals surface area contributed by atoms with Crippen LogP contribution in [0.4, 0.5) is 5.69 Å². The van der Waals surface area contributed by atoms with E-state index in [2.05, 4.69) is 17.4 Å². The zero-order valence-corrected chi connectivity index (χ0v) is 21.2. The van der Waals surface area contributed by atoms with Crippen molar-refractivity contribution in [1.82, 2.24) is 9.62 Å². The minimum absolute atomic E-state index is 0.0605. The van der Waals surface area contributed by atoms with Crippen LogP contribution in [0.1, 0.15) is 68.7 Å². The minimum Gasteiger partial charge on any atom is -0.348 e. The molecule has 3 aliphatic rings. The van der Waals surface area contributed by atoms with Crippen LogP contribution in [0.15, 0.2) is 47.4 Å². The second-order valence-electron chi connectivity index (χ2n) is 10.4. The first-order valence-corrected chi connectivity index (χ1v) is 14.0. The molecule has 186 valence electrons. The second-order valence-corrected chi connectivity index (χ2v) is 12.3. The van der Waals surface area contributed by atoms with Crippen molar-refractivity contribution < 1.29 is 18.0 Å². The predicted octanol–water partition coefficient (Wildman–Crippen LogP) is 3.68. The van der Waals surface area contributed by atoms with E-state index in [1.165, 1.54) is 14.8 Å². The molecule has 0 bridgehead atoms. The van der Waals surface area contributed by atoms with Gasteiger partial charge in [0, 0.05) is 18.8 Å². The maximum absolute atomic E-state index is 13.4. The minimum atomic E-state index is -3.62. The predicted molar refractivity (Wildman–Crippen MR) is 135 cm³/mol. The van der Waals surface area contributed by atoms with Gasteiger partial charge in [0.2, 0.25) is 21.8 Å². The van der Waals surface area contributed by atoms with Crippen molar-refractivity contribution in [3.8, 4) is 0 Å². The van der Waals surface area contributed by atoms with Gasteiger partial charge in [-0.25, -0.2) is 8.42 Å². The van der Waals surface area contributed by atoms with Gasteiger partial charge in [-0.3, -0.25) is 9.59 Å². The highest BCUT2D eigenvalue weighted by molar-refractivity contribution is 7.89. The zero-order chi connectivity index (χ0) is 24.8. The van der Waals surface area contributed by atoms with Gasteiger partial charge in [0.05, 0.1) is 16.4 Å². The number of piperidine rings is 1. The monoisotopic (exact) mass is 495 g/mol. The van der Waals surface area contributed by atoms with Gasteiger partial charge >= 0.3 is 0 Å². The number of anilines is 1. The Kier molecular flexibility index (Phi) is 6.21. The van der Waals surface area contributed by atoms with Crippen LogP contribution in [0.5, 0.6) is 0 Å². The number of carbonyl (C=O) groups excluding carboxylic acids is 2. The lowest BCUT2D eigenvalue weighted by Crippen LogP contribution is -2.44. The molecule has 2 aliphatic heterocycles. The van der Waals surface area contributed by atoms with Gasteiger partial charge < -0.3 is 10.2 Å². The van der Waals surface area contributed by atoms with Crippen LogP contribution in [0.25, 0.3) is 0 Å². The fourth-order valence-corrected chi connectivity index (χ4v) is 7.22. The summed E-state index contributed by atoms with van der Waals surface area (Å²) in [6.07, 6.45) is 5.66. The molecule has 35 heavy (non-hydrogen) atoms. The average molecular weight is 496 g/mol. The van der Waals surface area contributed by atoms with Crippen LogP contribution in [0.3, 0.4) is 0 Å². The fraction of sp³-hybridized carbons (Fsp3) is 0.481. The van der Waals surface area contributed by atoms with Crippen LogP contribution in [0, 0.1) is 0 Å². The average Bonchev–Trinajstić information content (AvgIpc) is 3.05. The van der Waals surface area contributed by atoms with Crippen molar-refractivity contribution in [2.45, 2.75) is 68.7 Å². The van der Waals surface area contributed by atoms with Crippen LogP contribution in [-0.4, -0.2) is 44.2 Å². The van der Waals surface area contributed by atoms with Gasteiger partial charge in [-0.1, -0.05) is 30.7 Å². The summed E-state index contributed by atoms with van der Waals surface area (Å²) in [5, 5.41) is 3.12. The van der Waals surface area contributed by atoms with Crippen molar-refractivity contribution in [3.05, 3.63) is 59.2 Å². The highest BCUT2D eigenvalue weighted by Gasteiger charge is 2.45. The topological polar surface area (TPSA) is 86.8 Å². The maximum atomic E-state index is 13.4. The maximum Gasteiger partial charge on any atom is 0.243 e. The number of fused-ring (bicyclic) bond motifs is 2. The molecule has 1 atom stereocenters. The Hall–Kier alpha value is -2.71. The number of hydrogen-bond acceptors (Lipinski definition) is 4. The summed E-state index contributed by atoms with van der Waals surface area (Å²) in [5.74, 6) is -0.409. The Labute approximate surface area is 207 Å². The van der Waals surface area contributed by atoms with Crippen molar-refractivity contribution in [2.75, 3.05) is 24.5 Å². The molecule has 1 aliphatic carbocycles. The molecule has 2 aromatic rings. The molecule has 1 saturated heterocycles. The molecule has 0 radical (unpaired) electrons. The number of aryl methyl sites for hydroxylation is 1. The Morgan fingerprint density at radius 3 is 2.57 bits per heavy atom. The molecular weight excluding hydrogens is 462 g/mol. The number of nitrogens with zero attached hydrogens (tertiary/aromatic N) is 2. The molecular formula is C27H33N3O4S. The lowest BCUT2D eigenvalue weighted by atomic mass is 9.86. The molecule has 0 spiro atoms. The summed E-state index contributed by atoms with van der Waals surface area (Å²) in [7, 11) is -3.62. The van der Waals surface area contributed by atoms with Crippen molar-refractivity contribution in [1.29, 1.82) is 0 Å². The van der Waals surface area contributed by atoms with Gasteiger partial charge in [-0.15, -0.1) is 0 Å². The standard InChI is InChI=1S/C27H33N3O4S/c1-27(2)22-17-20(35(33,34)29-15-6-3-7-16-29)13-14-24(22)30(26(27)32)18-25(31)28-23-12-8-10-19-9-4-5-11-21(19)23/h4-5,9,11,13-14,17,23H,3,6-8,10,12,15-16,18H2,1-2H3,(H,28,31). The molecule has 2 amide bonds. The van der Waals surface area contributed by atoms with Gasteiger partial charge in [-0.05, 0) is 80.8 Å². The van der Waals surface area contributed by atoms with Gasteiger partial charge in [0.1, 0.15) is 6.54 Å². The summed E-state index contributed by atoms with van der Waals surface area (Å²) in [4.78, 5) is 28.1. The third-order valence-corrected chi connectivity index (χ3v) is 9.57. The normalized spacial score (nSPS) is 21.9. The number of nitrogens with one attached hydrogen (secondary N) is 1. The lowest BCUT2D eigenvalue weighted by Gasteiger charge is -2.27. The summed E-state index contributed by atoms with van der Waals surface area (Å²) < 4.78 is 28.0. The number of hydrogen-bond donors (Lipinski definition) is 1. The largest absolute Gasteiger partial charge is 0.348 e. The molecule has 2 heterocycles. The number of sulfonamides is 1. The van der Waals surface area contributed by atoms with Gasteiger partial charge in [-0.2, -0.15) is 4.31 Å². The van der Waals surface area contributed by atoms with E-state index in [4.69, 9.17) is 0 Å². The Morgan fingerprint density at radius 2 is 1.80 bits per heavy atom.